The summed E-state index contributed by atoms with van der Waals surface area (Å²) in [7, 11) is 0. The average Bonchev–Trinajstić information content (AvgIpc) is 3.03. The minimum atomic E-state index is 0.0497. The number of carbonyl (C=O) groups is 1. The van der Waals surface area contributed by atoms with Gasteiger partial charge in [0.15, 0.2) is 0 Å². The maximum absolute atomic E-state index is 12.3. The molecular weight excluding hydrogens is 212 g/mol. The molecule has 3 nitrogen and oxygen atoms in total. The summed E-state index contributed by atoms with van der Waals surface area (Å²) < 4.78 is 0. The van der Waals surface area contributed by atoms with Crippen molar-refractivity contribution in [3.63, 3.8) is 0 Å². The molecule has 3 rings (SSSR count). The zero-order chi connectivity index (χ0) is 11.9. The van der Waals surface area contributed by atoms with Crippen molar-refractivity contribution >= 4 is 5.91 Å². The number of piperidine rings is 1. The van der Waals surface area contributed by atoms with Gasteiger partial charge < -0.3 is 10.6 Å². The molecule has 2 aliphatic carbocycles. The highest BCUT2D eigenvalue weighted by molar-refractivity contribution is 5.83. The van der Waals surface area contributed by atoms with Crippen LogP contribution >= 0.6 is 0 Å². The molecule has 1 saturated heterocycles. The predicted octanol–water partition coefficient (Wildman–Crippen LogP) is 1.68. The molecule has 0 aromatic rings. The van der Waals surface area contributed by atoms with Crippen LogP contribution in [0.2, 0.25) is 0 Å². The second-order valence-corrected chi connectivity index (χ2v) is 6.44. The first-order chi connectivity index (χ1) is 8.20. The van der Waals surface area contributed by atoms with Gasteiger partial charge in [0.25, 0.3) is 0 Å². The molecule has 1 amide bonds. The molecule has 1 heterocycles. The van der Waals surface area contributed by atoms with Gasteiger partial charge in [0.2, 0.25) is 5.91 Å². The molecule has 3 aliphatic rings. The first kappa shape index (κ1) is 11.5. The van der Waals surface area contributed by atoms with Gasteiger partial charge in [-0.2, -0.15) is 0 Å². The SMILES string of the molecule is CC1(NC(=O)C2C3CCCCC32)CCNCC1. The largest absolute Gasteiger partial charge is 0.351 e. The summed E-state index contributed by atoms with van der Waals surface area (Å²) in [6, 6.07) is 0. The van der Waals surface area contributed by atoms with Gasteiger partial charge in [-0.05, 0) is 57.5 Å². The van der Waals surface area contributed by atoms with Crippen molar-refractivity contribution in [3.05, 3.63) is 0 Å². The van der Waals surface area contributed by atoms with E-state index >= 15 is 0 Å². The lowest BCUT2D eigenvalue weighted by Crippen LogP contribution is -2.53. The Morgan fingerprint density at radius 1 is 1.18 bits per heavy atom. The van der Waals surface area contributed by atoms with Gasteiger partial charge in [-0.1, -0.05) is 12.8 Å². The first-order valence-corrected chi connectivity index (χ1v) is 7.22. The second-order valence-electron chi connectivity index (χ2n) is 6.44. The molecule has 96 valence electrons. The van der Waals surface area contributed by atoms with Crippen LogP contribution in [0.4, 0.5) is 0 Å². The van der Waals surface area contributed by atoms with E-state index in [0.29, 0.717) is 11.8 Å². The van der Waals surface area contributed by atoms with Crippen molar-refractivity contribution < 1.29 is 4.79 Å². The van der Waals surface area contributed by atoms with E-state index in [0.717, 1.165) is 37.8 Å². The predicted molar refractivity (Wildman–Crippen MR) is 67.6 cm³/mol. The van der Waals surface area contributed by atoms with E-state index in [2.05, 4.69) is 17.6 Å². The van der Waals surface area contributed by atoms with Crippen LogP contribution in [0, 0.1) is 17.8 Å². The third-order valence-electron chi connectivity index (χ3n) is 5.09. The van der Waals surface area contributed by atoms with Crippen molar-refractivity contribution in [1.82, 2.24) is 10.6 Å². The number of hydrogen-bond donors (Lipinski definition) is 2. The van der Waals surface area contributed by atoms with Crippen LogP contribution in [0.25, 0.3) is 0 Å². The van der Waals surface area contributed by atoms with Crippen molar-refractivity contribution in [2.75, 3.05) is 13.1 Å². The Morgan fingerprint density at radius 2 is 1.76 bits per heavy atom. The maximum atomic E-state index is 12.3. The van der Waals surface area contributed by atoms with Crippen LogP contribution in [0.5, 0.6) is 0 Å². The summed E-state index contributed by atoms with van der Waals surface area (Å²) in [5.74, 6) is 2.18. The Kier molecular flexibility index (Phi) is 2.89. The van der Waals surface area contributed by atoms with Gasteiger partial charge in [0, 0.05) is 11.5 Å². The smallest absolute Gasteiger partial charge is 0.224 e. The molecular formula is C14H24N2O. The molecule has 2 unspecified atom stereocenters. The van der Waals surface area contributed by atoms with Gasteiger partial charge in [-0.25, -0.2) is 0 Å². The van der Waals surface area contributed by atoms with Crippen LogP contribution in [-0.2, 0) is 4.79 Å². The van der Waals surface area contributed by atoms with E-state index in [-0.39, 0.29) is 5.54 Å². The molecule has 0 radical (unpaired) electrons. The molecule has 0 spiro atoms. The number of carbonyl (C=O) groups excluding carboxylic acids is 1. The molecule has 0 aromatic heterocycles. The van der Waals surface area contributed by atoms with E-state index < -0.39 is 0 Å². The molecule has 2 saturated carbocycles. The molecule has 2 N–H and O–H groups in total. The molecule has 17 heavy (non-hydrogen) atoms. The van der Waals surface area contributed by atoms with E-state index in [1.54, 1.807) is 0 Å². The zero-order valence-corrected chi connectivity index (χ0v) is 10.8. The standard InChI is InChI=1S/C14H24N2O/c1-14(6-8-15-9-7-14)16-13(17)12-10-4-2-3-5-11(10)12/h10-12,15H,2-9H2,1H3,(H,16,17). The number of nitrogens with one attached hydrogen (secondary N) is 2. The van der Waals surface area contributed by atoms with Gasteiger partial charge >= 0.3 is 0 Å². The number of rotatable bonds is 2. The number of hydrogen-bond acceptors (Lipinski definition) is 2. The highest BCUT2D eigenvalue weighted by atomic mass is 16.2. The van der Waals surface area contributed by atoms with Crippen molar-refractivity contribution in [2.24, 2.45) is 17.8 Å². The lowest BCUT2D eigenvalue weighted by molar-refractivity contribution is -0.125. The molecule has 3 fully saturated rings. The Hall–Kier alpha value is -0.570. The topological polar surface area (TPSA) is 41.1 Å². The fourth-order valence-electron chi connectivity index (χ4n) is 3.87. The third-order valence-corrected chi connectivity index (χ3v) is 5.09. The summed E-state index contributed by atoms with van der Waals surface area (Å²) in [5.41, 5.74) is 0.0497. The molecule has 0 bridgehead atoms. The minimum absolute atomic E-state index is 0.0497. The maximum Gasteiger partial charge on any atom is 0.224 e. The second kappa shape index (κ2) is 4.27. The van der Waals surface area contributed by atoms with Gasteiger partial charge in [-0.3, -0.25) is 4.79 Å². The Morgan fingerprint density at radius 3 is 2.35 bits per heavy atom. The molecule has 0 aromatic carbocycles. The highest BCUT2D eigenvalue weighted by Gasteiger charge is 2.55. The Labute approximate surface area is 104 Å². The summed E-state index contributed by atoms with van der Waals surface area (Å²) in [4.78, 5) is 12.3. The van der Waals surface area contributed by atoms with E-state index in [4.69, 9.17) is 0 Å². The Bertz CT molecular complexity index is 297. The van der Waals surface area contributed by atoms with E-state index in [1.807, 2.05) is 0 Å². The van der Waals surface area contributed by atoms with Crippen LogP contribution in [0.3, 0.4) is 0 Å². The van der Waals surface area contributed by atoms with Crippen LogP contribution in [-0.4, -0.2) is 24.5 Å². The van der Waals surface area contributed by atoms with Gasteiger partial charge in [-0.15, -0.1) is 0 Å². The summed E-state index contributed by atoms with van der Waals surface area (Å²) in [6.07, 6.45) is 7.40. The van der Waals surface area contributed by atoms with Crippen LogP contribution in [0.1, 0.15) is 45.4 Å². The summed E-state index contributed by atoms with van der Waals surface area (Å²) >= 11 is 0. The van der Waals surface area contributed by atoms with E-state index in [1.165, 1.54) is 25.7 Å². The lowest BCUT2D eigenvalue weighted by Gasteiger charge is -2.35. The first-order valence-electron chi connectivity index (χ1n) is 7.22. The summed E-state index contributed by atoms with van der Waals surface area (Å²) in [6.45, 7) is 4.28. The van der Waals surface area contributed by atoms with Crippen molar-refractivity contribution in [3.8, 4) is 0 Å². The highest BCUT2D eigenvalue weighted by Crippen LogP contribution is 2.55. The minimum Gasteiger partial charge on any atom is -0.351 e. The van der Waals surface area contributed by atoms with Crippen LogP contribution in [0.15, 0.2) is 0 Å². The molecule has 1 aliphatic heterocycles. The van der Waals surface area contributed by atoms with Gasteiger partial charge in [0.05, 0.1) is 0 Å². The quantitative estimate of drug-likeness (QED) is 0.766. The van der Waals surface area contributed by atoms with Crippen LogP contribution < -0.4 is 10.6 Å². The zero-order valence-electron chi connectivity index (χ0n) is 10.8. The average molecular weight is 236 g/mol. The normalized spacial score (nSPS) is 39.2. The van der Waals surface area contributed by atoms with Crippen molar-refractivity contribution in [1.29, 1.82) is 0 Å². The van der Waals surface area contributed by atoms with E-state index in [9.17, 15) is 4.79 Å². The summed E-state index contributed by atoms with van der Waals surface area (Å²) in [5, 5.41) is 6.69. The fourth-order valence-corrected chi connectivity index (χ4v) is 3.87. The number of amides is 1. The fraction of sp³-hybridized carbons (Fsp3) is 0.929. The van der Waals surface area contributed by atoms with Gasteiger partial charge in [0.1, 0.15) is 0 Å². The van der Waals surface area contributed by atoms with Crippen molar-refractivity contribution in [2.45, 2.75) is 51.0 Å². The molecule has 3 heteroatoms. The lowest BCUT2D eigenvalue weighted by atomic mass is 9.90. The molecule has 2 atom stereocenters. The number of fused-ring (bicyclic) bond motifs is 1. The monoisotopic (exact) mass is 236 g/mol. The third kappa shape index (κ3) is 2.22. The Balaban J connectivity index is 1.56.